The maximum Gasteiger partial charge on any atom is 0.337 e. The highest BCUT2D eigenvalue weighted by Gasteiger charge is 2.18. The molecule has 1 aromatic heterocycles. The molecule has 0 unspecified atom stereocenters. The van der Waals surface area contributed by atoms with Gasteiger partial charge in [-0.2, -0.15) is 0 Å². The van der Waals surface area contributed by atoms with Gasteiger partial charge < -0.3 is 14.2 Å². The van der Waals surface area contributed by atoms with Crippen LogP contribution in [0, 0.1) is 6.92 Å². The molecular weight excluding hydrogens is 450 g/mol. The minimum Gasteiger partial charge on any atom is -0.497 e. The SMILES string of the molecule is COC(=O)c1cccc(CSc2nnc(-c3cc(OC)cc(OC)c3)n2-c2ccc(C)cc2)c1. The summed E-state index contributed by atoms with van der Waals surface area (Å²) in [6, 6.07) is 21.2. The third-order valence-electron chi connectivity index (χ3n) is 5.25. The van der Waals surface area contributed by atoms with Crippen molar-refractivity contribution in [1.82, 2.24) is 14.8 Å². The molecule has 0 fully saturated rings. The van der Waals surface area contributed by atoms with Crippen molar-refractivity contribution in [2.24, 2.45) is 0 Å². The largest absolute Gasteiger partial charge is 0.497 e. The molecule has 1 heterocycles. The second-order valence-corrected chi connectivity index (χ2v) is 8.50. The Bertz CT molecular complexity index is 1280. The number of ether oxygens (including phenoxy) is 3. The topological polar surface area (TPSA) is 75.5 Å². The van der Waals surface area contributed by atoms with E-state index >= 15 is 0 Å². The average molecular weight is 476 g/mol. The van der Waals surface area contributed by atoms with Gasteiger partial charge in [-0.3, -0.25) is 4.57 Å². The summed E-state index contributed by atoms with van der Waals surface area (Å²) in [5.41, 5.74) is 4.43. The number of nitrogens with zero attached hydrogens (tertiary/aromatic N) is 3. The average Bonchev–Trinajstić information content (AvgIpc) is 3.31. The maximum atomic E-state index is 11.9. The molecule has 4 aromatic rings. The summed E-state index contributed by atoms with van der Waals surface area (Å²) in [6.07, 6.45) is 0. The van der Waals surface area contributed by atoms with Crippen molar-refractivity contribution in [2.75, 3.05) is 21.3 Å². The van der Waals surface area contributed by atoms with Crippen LogP contribution in [-0.2, 0) is 10.5 Å². The minimum atomic E-state index is -0.357. The van der Waals surface area contributed by atoms with Gasteiger partial charge in [-0.25, -0.2) is 4.79 Å². The molecule has 8 heteroatoms. The van der Waals surface area contributed by atoms with Gasteiger partial charge in [0.25, 0.3) is 0 Å². The fourth-order valence-electron chi connectivity index (χ4n) is 3.47. The smallest absolute Gasteiger partial charge is 0.337 e. The number of hydrogen-bond acceptors (Lipinski definition) is 7. The van der Waals surface area contributed by atoms with Crippen molar-refractivity contribution >= 4 is 17.7 Å². The Morgan fingerprint density at radius 3 is 2.26 bits per heavy atom. The van der Waals surface area contributed by atoms with E-state index in [4.69, 9.17) is 14.2 Å². The van der Waals surface area contributed by atoms with E-state index in [9.17, 15) is 4.79 Å². The Kier molecular flexibility index (Phi) is 7.18. The summed E-state index contributed by atoms with van der Waals surface area (Å²) in [5, 5.41) is 9.73. The normalized spacial score (nSPS) is 10.7. The first-order valence-electron chi connectivity index (χ1n) is 10.6. The molecule has 0 atom stereocenters. The first kappa shape index (κ1) is 23.4. The van der Waals surface area contributed by atoms with E-state index in [0.717, 1.165) is 27.5 Å². The van der Waals surface area contributed by atoms with Crippen LogP contribution in [0.5, 0.6) is 11.5 Å². The summed E-state index contributed by atoms with van der Waals surface area (Å²) in [5.74, 6) is 2.26. The number of methoxy groups -OCH3 is 3. The van der Waals surface area contributed by atoms with Crippen LogP contribution in [0.3, 0.4) is 0 Å². The molecule has 174 valence electrons. The molecule has 0 saturated heterocycles. The lowest BCUT2D eigenvalue weighted by molar-refractivity contribution is 0.0600. The van der Waals surface area contributed by atoms with E-state index in [-0.39, 0.29) is 5.97 Å². The predicted molar refractivity (Wildman–Crippen MR) is 132 cm³/mol. The van der Waals surface area contributed by atoms with Crippen molar-refractivity contribution in [3.63, 3.8) is 0 Å². The number of rotatable bonds is 8. The van der Waals surface area contributed by atoms with E-state index in [1.165, 1.54) is 18.9 Å². The highest BCUT2D eigenvalue weighted by atomic mass is 32.2. The van der Waals surface area contributed by atoms with Crippen LogP contribution < -0.4 is 9.47 Å². The van der Waals surface area contributed by atoms with Crippen LogP contribution in [0.4, 0.5) is 0 Å². The first-order chi connectivity index (χ1) is 16.5. The van der Waals surface area contributed by atoms with Gasteiger partial charge in [-0.05, 0) is 48.9 Å². The van der Waals surface area contributed by atoms with E-state index in [2.05, 4.69) is 22.3 Å². The van der Waals surface area contributed by atoms with Crippen molar-refractivity contribution in [3.05, 3.63) is 83.4 Å². The number of hydrogen-bond donors (Lipinski definition) is 0. The van der Waals surface area contributed by atoms with Crippen molar-refractivity contribution < 1.29 is 19.0 Å². The molecule has 0 radical (unpaired) electrons. The first-order valence-corrected chi connectivity index (χ1v) is 11.6. The fourth-order valence-corrected chi connectivity index (χ4v) is 4.36. The summed E-state index contributed by atoms with van der Waals surface area (Å²) in [7, 11) is 4.61. The van der Waals surface area contributed by atoms with E-state index < -0.39 is 0 Å². The molecule has 0 aliphatic rings. The number of aromatic nitrogens is 3. The maximum absolute atomic E-state index is 11.9. The quantitative estimate of drug-likeness (QED) is 0.252. The van der Waals surface area contributed by atoms with Crippen molar-refractivity contribution in [1.29, 1.82) is 0 Å². The molecule has 4 rings (SSSR count). The van der Waals surface area contributed by atoms with Gasteiger partial charge in [-0.15, -0.1) is 10.2 Å². The Morgan fingerprint density at radius 2 is 1.62 bits per heavy atom. The number of carbonyl (C=O) groups excluding carboxylic acids is 1. The Balaban J connectivity index is 1.74. The Hall–Kier alpha value is -3.78. The summed E-state index contributed by atoms with van der Waals surface area (Å²) in [6.45, 7) is 2.05. The zero-order chi connectivity index (χ0) is 24.1. The summed E-state index contributed by atoms with van der Waals surface area (Å²) in [4.78, 5) is 11.9. The number of thioether (sulfide) groups is 1. The third-order valence-corrected chi connectivity index (χ3v) is 6.25. The zero-order valence-corrected chi connectivity index (χ0v) is 20.3. The van der Waals surface area contributed by atoms with Crippen molar-refractivity contribution in [3.8, 4) is 28.6 Å². The van der Waals surface area contributed by atoms with Crippen LogP contribution >= 0.6 is 11.8 Å². The lowest BCUT2D eigenvalue weighted by Crippen LogP contribution is -2.02. The molecule has 0 saturated carbocycles. The standard InChI is InChI=1S/C26H25N3O4S/c1-17-8-10-21(11-9-17)29-24(20-13-22(31-2)15-23(14-20)32-3)27-28-26(29)34-16-18-6-5-7-19(12-18)25(30)33-4/h5-15H,16H2,1-4H3. The summed E-state index contributed by atoms with van der Waals surface area (Å²) >= 11 is 1.54. The zero-order valence-electron chi connectivity index (χ0n) is 19.4. The highest BCUT2D eigenvalue weighted by molar-refractivity contribution is 7.98. The Labute approximate surface area is 202 Å². The minimum absolute atomic E-state index is 0.357. The molecule has 0 aliphatic carbocycles. The molecule has 0 spiro atoms. The molecule has 0 bridgehead atoms. The van der Waals surface area contributed by atoms with Gasteiger partial charge in [0, 0.05) is 23.1 Å². The van der Waals surface area contributed by atoms with Crippen LogP contribution in [-0.4, -0.2) is 42.1 Å². The fraction of sp³-hybridized carbons (Fsp3) is 0.192. The molecule has 0 aliphatic heterocycles. The lowest BCUT2D eigenvalue weighted by Gasteiger charge is -2.12. The number of benzene rings is 3. The lowest BCUT2D eigenvalue weighted by atomic mass is 10.1. The molecule has 0 amide bonds. The molecule has 34 heavy (non-hydrogen) atoms. The number of esters is 1. The van der Waals surface area contributed by atoms with Gasteiger partial charge in [0.1, 0.15) is 11.5 Å². The molecular formula is C26H25N3O4S. The van der Waals surface area contributed by atoms with E-state index in [1.807, 2.05) is 60.0 Å². The predicted octanol–water partition coefficient (Wildman–Crippen LogP) is 5.34. The second kappa shape index (κ2) is 10.4. The monoisotopic (exact) mass is 475 g/mol. The second-order valence-electron chi connectivity index (χ2n) is 7.56. The van der Waals surface area contributed by atoms with Crippen LogP contribution in [0.25, 0.3) is 17.1 Å². The Morgan fingerprint density at radius 1 is 0.912 bits per heavy atom. The van der Waals surface area contributed by atoms with E-state index in [1.54, 1.807) is 20.3 Å². The number of carbonyl (C=O) groups is 1. The molecule has 7 nitrogen and oxygen atoms in total. The van der Waals surface area contributed by atoms with Gasteiger partial charge >= 0.3 is 5.97 Å². The molecule has 0 N–H and O–H groups in total. The van der Waals surface area contributed by atoms with Crippen molar-refractivity contribution in [2.45, 2.75) is 17.8 Å². The van der Waals surface area contributed by atoms with E-state index in [0.29, 0.717) is 28.6 Å². The van der Waals surface area contributed by atoms with Crippen LogP contribution in [0.15, 0.2) is 71.9 Å². The number of aryl methyl sites for hydroxylation is 1. The third kappa shape index (κ3) is 5.07. The summed E-state index contributed by atoms with van der Waals surface area (Å²) < 4.78 is 17.8. The van der Waals surface area contributed by atoms with Gasteiger partial charge in [-0.1, -0.05) is 41.6 Å². The highest BCUT2D eigenvalue weighted by Crippen LogP contribution is 2.33. The van der Waals surface area contributed by atoms with Gasteiger partial charge in [0.15, 0.2) is 11.0 Å². The van der Waals surface area contributed by atoms with Gasteiger partial charge in [0.05, 0.1) is 26.9 Å². The molecule has 3 aromatic carbocycles. The van der Waals surface area contributed by atoms with Gasteiger partial charge in [0.2, 0.25) is 0 Å². The van der Waals surface area contributed by atoms with Crippen LogP contribution in [0.2, 0.25) is 0 Å². The van der Waals surface area contributed by atoms with Crippen LogP contribution in [0.1, 0.15) is 21.5 Å².